The summed E-state index contributed by atoms with van der Waals surface area (Å²) in [5.74, 6) is 0.512. The Kier molecular flexibility index (Phi) is 5.58. The number of rotatable bonds is 3. The molecule has 162 valence electrons. The summed E-state index contributed by atoms with van der Waals surface area (Å²) in [5.41, 5.74) is 2.91. The Hall–Kier alpha value is -2.77. The van der Waals surface area contributed by atoms with Crippen molar-refractivity contribution >= 4 is 10.0 Å². The number of aromatic amines is 1. The summed E-state index contributed by atoms with van der Waals surface area (Å²) < 4.78 is 28.0. The minimum Gasteiger partial charge on any atom is -0.306 e. The highest BCUT2D eigenvalue weighted by atomic mass is 32.2. The second-order valence-electron chi connectivity index (χ2n) is 8.88. The molecule has 1 aromatic heterocycles. The van der Waals surface area contributed by atoms with Crippen molar-refractivity contribution in [3.05, 3.63) is 81.8 Å². The van der Waals surface area contributed by atoms with Crippen molar-refractivity contribution in [2.45, 2.75) is 43.9 Å². The number of nitrogens with zero attached hydrogens (tertiary/aromatic N) is 2. The Balaban J connectivity index is 1.60. The molecule has 0 amide bonds. The SMILES string of the molecule is CC(C)(C)c1ccc(S(=O)(=O)N2CCc3nc(-c4ccccc4)[nH]c(=O)c3CC2)cc1. The molecule has 3 aromatic rings. The molecule has 0 unspecified atom stereocenters. The van der Waals surface area contributed by atoms with E-state index in [-0.39, 0.29) is 22.4 Å². The van der Waals surface area contributed by atoms with E-state index in [1.165, 1.54) is 4.31 Å². The van der Waals surface area contributed by atoms with Crippen LogP contribution in [0.25, 0.3) is 11.4 Å². The lowest BCUT2D eigenvalue weighted by molar-refractivity contribution is 0.426. The van der Waals surface area contributed by atoms with Crippen molar-refractivity contribution in [2.75, 3.05) is 13.1 Å². The minimum absolute atomic E-state index is 0.0459. The van der Waals surface area contributed by atoms with Crippen molar-refractivity contribution in [1.82, 2.24) is 14.3 Å². The van der Waals surface area contributed by atoms with Crippen LogP contribution in [0.15, 0.2) is 64.3 Å². The molecule has 0 atom stereocenters. The molecule has 1 aliphatic rings. The Morgan fingerprint density at radius 2 is 1.58 bits per heavy atom. The maximum atomic E-state index is 13.2. The van der Waals surface area contributed by atoms with E-state index in [0.717, 1.165) is 11.1 Å². The van der Waals surface area contributed by atoms with Gasteiger partial charge in [-0.1, -0.05) is 63.2 Å². The number of fused-ring (bicyclic) bond motifs is 1. The minimum atomic E-state index is -3.65. The number of benzene rings is 2. The third-order valence-corrected chi connectivity index (χ3v) is 7.63. The Labute approximate surface area is 183 Å². The number of hydrogen-bond donors (Lipinski definition) is 1. The van der Waals surface area contributed by atoms with Crippen LogP contribution in [0.3, 0.4) is 0 Å². The van der Waals surface area contributed by atoms with Crippen LogP contribution in [0.4, 0.5) is 0 Å². The molecule has 6 nitrogen and oxygen atoms in total. The fourth-order valence-electron chi connectivity index (χ4n) is 3.84. The van der Waals surface area contributed by atoms with Crippen molar-refractivity contribution < 1.29 is 8.42 Å². The highest BCUT2D eigenvalue weighted by Gasteiger charge is 2.28. The Morgan fingerprint density at radius 1 is 0.935 bits per heavy atom. The van der Waals surface area contributed by atoms with Gasteiger partial charge in [-0.2, -0.15) is 4.31 Å². The lowest BCUT2D eigenvalue weighted by Crippen LogP contribution is -2.33. The van der Waals surface area contributed by atoms with Gasteiger partial charge in [0.1, 0.15) is 5.82 Å². The number of aromatic nitrogens is 2. The van der Waals surface area contributed by atoms with Gasteiger partial charge in [0.2, 0.25) is 10.0 Å². The van der Waals surface area contributed by atoms with Gasteiger partial charge in [-0.25, -0.2) is 13.4 Å². The van der Waals surface area contributed by atoms with Crippen LogP contribution >= 0.6 is 0 Å². The highest BCUT2D eigenvalue weighted by Crippen LogP contribution is 2.26. The summed E-state index contributed by atoms with van der Waals surface area (Å²) in [7, 11) is -3.65. The summed E-state index contributed by atoms with van der Waals surface area (Å²) in [5, 5.41) is 0. The number of sulfonamides is 1. The zero-order valence-electron chi connectivity index (χ0n) is 18.1. The predicted molar refractivity (Wildman–Crippen MR) is 122 cm³/mol. The van der Waals surface area contributed by atoms with Crippen LogP contribution in [-0.4, -0.2) is 35.8 Å². The average Bonchev–Trinajstić information content (AvgIpc) is 2.97. The van der Waals surface area contributed by atoms with Gasteiger partial charge in [-0.15, -0.1) is 0 Å². The molecule has 0 saturated carbocycles. The van der Waals surface area contributed by atoms with E-state index < -0.39 is 10.0 Å². The molecule has 0 saturated heterocycles. The van der Waals surface area contributed by atoms with E-state index in [4.69, 9.17) is 0 Å². The van der Waals surface area contributed by atoms with E-state index in [9.17, 15) is 13.2 Å². The van der Waals surface area contributed by atoms with Gasteiger partial charge in [0.05, 0.1) is 10.6 Å². The van der Waals surface area contributed by atoms with E-state index >= 15 is 0 Å². The lowest BCUT2D eigenvalue weighted by atomic mass is 9.87. The topological polar surface area (TPSA) is 83.1 Å². The molecule has 1 aliphatic heterocycles. The zero-order valence-corrected chi connectivity index (χ0v) is 18.9. The maximum absolute atomic E-state index is 13.2. The molecule has 2 aromatic carbocycles. The number of hydrogen-bond acceptors (Lipinski definition) is 4. The first-order valence-corrected chi connectivity index (χ1v) is 11.9. The first-order valence-electron chi connectivity index (χ1n) is 10.4. The zero-order chi connectivity index (χ0) is 22.2. The fraction of sp³-hybridized carbons (Fsp3) is 0.333. The number of nitrogens with one attached hydrogen (secondary N) is 1. The van der Waals surface area contributed by atoms with Crippen LogP contribution < -0.4 is 5.56 Å². The van der Waals surface area contributed by atoms with Gasteiger partial charge in [0.25, 0.3) is 5.56 Å². The lowest BCUT2D eigenvalue weighted by Gasteiger charge is -2.22. The van der Waals surface area contributed by atoms with E-state index in [0.29, 0.717) is 36.5 Å². The van der Waals surface area contributed by atoms with Gasteiger partial charge < -0.3 is 4.98 Å². The standard InChI is InChI=1S/C24H27N3O3S/c1-24(2,3)18-9-11-19(12-10-18)31(29,30)27-15-13-20-21(14-16-27)25-22(26-23(20)28)17-7-5-4-6-8-17/h4-12H,13-16H2,1-3H3,(H,25,26,28). The van der Waals surface area contributed by atoms with Gasteiger partial charge >= 0.3 is 0 Å². The average molecular weight is 438 g/mol. The van der Waals surface area contributed by atoms with Crippen LogP contribution in [0.2, 0.25) is 0 Å². The first-order chi connectivity index (χ1) is 14.7. The molecule has 4 rings (SSSR count). The summed E-state index contributed by atoms with van der Waals surface area (Å²) in [6.07, 6.45) is 0.741. The van der Waals surface area contributed by atoms with Crippen molar-refractivity contribution in [3.8, 4) is 11.4 Å². The molecule has 31 heavy (non-hydrogen) atoms. The molecular weight excluding hydrogens is 410 g/mol. The molecule has 2 heterocycles. The third-order valence-electron chi connectivity index (χ3n) is 5.72. The maximum Gasteiger partial charge on any atom is 0.254 e. The van der Waals surface area contributed by atoms with Gasteiger partial charge in [-0.05, 0) is 29.5 Å². The molecule has 0 radical (unpaired) electrons. The molecule has 1 N–H and O–H groups in total. The normalized spacial score (nSPS) is 15.3. The molecule has 0 bridgehead atoms. The van der Waals surface area contributed by atoms with E-state index in [2.05, 4.69) is 30.7 Å². The Bertz CT molecular complexity index is 1240. The Morgan fingerprint density at radius 3 is 2.23 bits per heavy atom. The molecule has 0 spiro atoms. The fourth-order valence-corrected chi connectivity index (χ4v) is 5.28. The van der Waals surface area contributed by atoms with Crippen molar-refractivity contribution in [2.24, 2.45) is 0 Å². The summed E-state index contributed by atoms with van der Waals surface area (Å²) >= 11 is 0. The summed E-state index contributed by atoms with van der Waals surface area (Å²) in [6.45, 7) is 6.83. The van der Waals surface area contributed by atoms with Crippen molar-refractivity contribution in [1.29, 1.82) is 0 Å². The number of H-pyrrole nitrogens is 1. The van der Waals surface area contributed by atoms with Crippen LogP contribution in [0.1, 0.15) is 37.6 Å². The molecule has 0 aliphatic carbocycles. The molecular formula is C24H27N3O3S. The summed E-state index contributed by atoms with van der Waals surface area (Å²) in [4.78, 5) is 20.5. The van der Waals surface area contributed by atoms with Gasteiger partial charge in [0, 0.05) is 30.6 Å². The smallest absolute Gasteiger partial charge is 0.254 e. The second-order valence-corrected chi connectivity index (χ2v) is 10.8. The van der Waals surface area contributed by atoms with Gasteiger partial charge in [0.15, 0.2) is 0 Å². The van der Waals surface area contributed by atoms with Crippen molar-refractivity contribution in [3.63, 3.8) is 0 Å². The van der Waals surface area contributed by atoms with E-state index in [1.54, 1.807) is 12.1 Å². The van der Waals surface area contributed by atoms with Crippen LogP contribution in [-0.2, 0) is 28.3 Å². The second kappa shape index (κ2) is 8.05. The highest BCUT2D eigenvalue weighted by molar-refractivity contribution is 7.89. The third kappa shape index (κ3) is 4.34. The largest absolute Gasteiger partial charge is 0.306 e. The predicted octanol–water partition coefficient (Wildman–Crippen LogP) is 3.52. The van der Waals surface area contributed by atoms with Crippen LogP contribution in [0, 0.1) is 0 Å². The first kappa shape index (κ1) is 21.5. The molecule has 7 heteroatoms. The van der Waals surface area contributed by atoms with E-state index in [1.807, 2.05) is 42.5 Å². The summed E-state index contributed by atoms with van der Waals surface area (Å²) in [6, 6.07) is 16.6. The monoisotopic (exact) mass is 437 g/mol. The van der Waals surface area contributed by atoms with Gasteiger partial charge in [-0.3, -0.25) is 4.79 Å². The van der Waals surface area contributed by atoms with Crippen LogP contribution in [0.5, 0.6) is 0 Å². The molecule has 0 fully saturated rings. The quantitative estimate of drug-likeness (QED) is 0.680.